The highest BCUT2D eigenvalue weighted by Gasteiger charge is 2.18. The summed E-state index contributed by atoms with van der Waals surface area (Å²) >= 11 is 0. The third-order valence-corrected chi connectivity index (χ3v) is 3.37. The minimum Gasteiger partial charge on any atom is -0.0707 e. The first-order chi connectivity index (χ1) is 6.06. The molecule has 0 atom stereocenters. The van der Waals surface area contributed by atoms with Crippen LogP contribution in [0.2, 0.25) is 0 Å². The van der Waals surface area contributed by atoms with Crippen molar-refractivity contribution in [2.24, 2.45) is 0 Å². The first kappa shape index (κ1) is 10.5. The van der Waals surface area contributed by atoms with Crippen LogP contribution < -0.4 is 5.19 Å². The smallest absolute Gasteiger partial charge is 0.0384 e. The van der Waals surface area contributed by atoms with Gasteiger partial charge >= 0.3 is 0 Å². The summed E-state index contributed by atoms with van der Waals surface area (Å²) in [4.78, 5) is 0. The molecule has 0 saturated carbocycles. The van der Waals surface area contributed by atoms with Crippen molar-refractivity contribution >= 4 is 15.4 Å². The highest BCUT2D eigenvalue weighted by atomic mass is 28.1. The monoisotopic (exact) mass is 192 g/mol. The Balaban J connectivity index is 2.87. The van der Waals surface area contributed by atoms with Crippen molar-refractivity contribution in [2.45, 2.75) is 39.0 Å². The van der Waals surface area contributed by atoms with Crippen molar-refractivity contribution in [2.75, 3.05) is 0 Å². The molecular formula is C12H20Si. The second-order valence-corrected chi connectivity index (χ2v) is 5.65. The third-order valence-electron chi connectivity index (χ3n) is 2.71. The molecule has 0 saturated heterocycles. The maximum atomic E-state index is 2.33. The van der Waals surface area contributed by atoms with Gasteiger partial charge in [0.05, 0.1) is 0 Å². The zero-order chi connectivity index (χ0) is 9.90. The van der Waals surface area contributed by atoms with Gasteiger partial charge in [-0.3, -0.25) is 0 Å². The van der Waals surface area contributed by atoms with Crippen molar-refractivity contribution in [3.05, 3.63) is 29.8 Å². The maximum absolute atomic E-state index is 2.33. The molecule has 0 bridgehead atoms. The summed E-state index contributed by atoms with van der Waals surface area (Å²) < 4.78 is 0. The normalized spacial score (nSPS) is 11.9. The summed E-state index contributed by atoms with van der Waals surface area (Å²) in [6, 6.07) is 9.11. The van der Waals surface area contributed by atoms with E-state index in [1.807, 2.05) is 0 Å². The molecule has 0 aliphatic rings. The maximum Gasteiger partial charge on any atom is 0.0384 e. The Labute approximate surface area is 84.8 Å². The van der Waals surface area contributed by atoms with Gasteiger partial charge in [0.15, 0.2) is 0 Å². The van der Waals surface area contributed by atoms with Crippen molar-refractivity contribution < 1.29 is 0 Å². The van der Waals surface area contributed by atoms with Crippen LogP contribution in [0.25, 0.3) is 0 Å². The molecule has 0 aromatic heterocycles. The fourth-order valence-electron chi connectivity index (χ4n) is 1.77. The number of hydrogen-bond acceptors (Lipinski definition) is 0. The summed E-state index contributed by atoms with van der Waals surface area (Å²) in [6.07, 6.45) is 2.53. The fourth-order valence-corrected chi connectivity index (χ4v) is 2.11. The predicted octanol–water partition coefficient (Wildman–Crippen LogP) is 1.75. The van der Waals surface area contributed by atoms with Crippen LogP contribution >= 0.6 is 0 Å². The van der Waals surface area contributed by atoms with Gasteiger partial charge in [-0.1, -0.05) is 56.6 Å². The van der Waals surface area contributed by atoms with E-state index in [9.17, 15) is 0 Å². The van der Waals surface area contributed by atoms with E-state index >= 15 is 0 Å². The molecule has 1 rings (SSSR count). The minimum atomic E-state index is 0.351. The molecule has 0 heterocycles. The van der Waals surface area contributed by atoms with Crippen molar-refractivity contribution in [3.63, 3.8) is 0 Å². The lowest BCUT2D eigenvalue weighted by Gasteiger charge is -2.24. The van der Waals surface area contributed by atoms with Crippen LogP contribution in [0.15, 0.2) is 24.3 Å². The molecule has 0 aliphatic carbocycles. The molecular weight excluding hydrogens is 172 g/mol. The Bertz CT molecular complexity index is 259. The second kappa shape index (κ2) is 4.10. The summed E-state index contributed by atoms with van der Waals surface area (Å²) in [6.45, 7) is 6.92. The molecule has 0 spiro atoms. The van der Waals surface area contributed by atoms with Gasteiger partial charge in [0.2, 0.25) is 0 Å². The summed E-state index contributed by atoms with van der Waals surface area (Å²) in [5.41, 5.74) is 1.83. The van der Waals surface area contributed by atoms with Gasteiger partial charge in [-0.15, -0.1) is 0 Å². The topological polar surface area (TPSA) is 0 Å². The molecule has 0 N–H and O–H groups in total. The lowest BCUT2D eigenvalue weighted by molar-refractivity contribution is 0.473. The Morgan fingerprint density at radius 1 is 1.15 bits per heavy atom. The molecule has 0 unspecified atom stereocenters. The highest BCUT2D eigenvalue weighted by Crippen LogP contribution is 2.27. The van der Waals surface area contributed by atoms with E-state index in [0.717, 1.165) is 10.2 Å². The largest absolute Gasteiger partial charge is 0.0707 e. The zero-order valence-corrected chi connectivity index (χ0v) is 11.2. The number of benzene rings is 1. The third kappa shape index (κ3) is 2.70. The molecule has 0 nitrogen and oxygen atoms in total. The minimum absolute atomic E-state index is 0.351. The van der Waals surface area contributed by atoms with Crippen LogP contribution in [0, 0.1) is 0 Å². The second-order valence-electron chi connectivity index (χ2n) is 4.50. The molecule has 1 heteroatoms. The van der Waals surface area contributed by atoms with E-state index in [1.165, 1.54) is 23.6 Å². The molecule has 72 valence electrons. The van der Waals surface area contributed by atoms with Gasteiger partial charge in [-0.25, -0.2) is 0 Å². The molecule has 0 radical (unpaired) electrons. The van der Waals surface area contributed by atoms with E-state index < -0.39 is 0 Å². The van der Waals surface area contributed by atoms with E-state index in [2.05, 4.69) is 45.0 Å². The Kier molecular flexibility index (Phi) is 3.31. The van der Waals surface area contributed by atoms with Crippen molar-refractivity contribution in [1.29, 1.82) is 0 Å². The molecule has 0 amide bonds. The SMILES string of the molecule is CCCC(C)(C)c1ccc([SiH3])cc1. The van der Waals surface area contributed by atoms with Crippen molar-refractivity contribution in [3.8, 4) is 0 Å². The Hall–Kier alpha value is -0.563. The molecule has 13 heavy (non-hydrogen) atoms. The first-order valence-electron chi connectivity index (χ1n) is 5.13. The average Bonchev–Trinajstić information content (AvgIpc) is 2.05. The number of hydrogen-bond donors (Lipinski definition) is 0. The Morgan fingerprint density at radius 3 is 2.15 bits per heavy atom. The van der Waals surface area contributed by atoms with E-state index in [4.69, 9.17) is 0 Å². The molecule has 0 fully saturated rings. The van der Waals surface area contributed by atoms with Crippen molar-refractivity contribution in [1.82, 2.24) is 0 Å². The van der Waals surface area contributed by atoms with E-state index in [-0.39, 0.29) is 0 Å². The van der Waals surface area contributed by atoms with Crippen LogP contribution in [0.1, 0.15) is 39.2 Å². The van der Waals surface area contributed by atoms with Crippen LogP contribution in [-0.2, 0) is 5.41 Å². The molecule has 1 aromatic carbocycles. The lowest BCUT2D eigenvalue weighted by atomic mass is 9.81. The Morgan fingerprint density at radius 2 is 1.69 bits per heavy atom. The van der Waals surface area contributed by atoms with Crippen LogP contribution in [-0.4, -0.2) is 10.2 Å². The fraction of sp³-hybridized carbons (Fsp3) is 0.500. The van der Waals surface area contributed by atoms with E-state index in [1.54, 1.807) is 0 Å². The van der Waals surface area contributed by atoms with Crippen LogP contribution in [0.5, 0.6) is 0 Å². The zero-order valence-electron chi connectivity index (χ0n) is 9.22. The molecule has 1 aromatic rings. The predicted molar refractivity (Wildman–Crippen MR) is 63.9 cm³/mol. The highest BCUT2D eigenvalue weighted by molar-refractivity contribution is 6.32. The average molecular weight is 192 g/mol. The number of rotatable bonds is 3. The van der Waals surface area contributed by atoms with E-state index in [0.29, 0.717) is 5.41 Å². The molecule has 0 aliphatic heterocycles. The van der Waals surface area contributed by atoms with Crippen LogP contribution in [0.4, 0.5) is 0 Å². The summed E-state index contributed by atoms with van der Waals surface area (Å²) in [5, 5.41) is 1.48. The van der Waals surface area contributed by atoms with Gasteiger partial charge < -0.3 is 0 Å². The summed E-state index contributed by atoms with van der Waals surface area (Å²) in [7, 11) is 1.16. The van der Waals surface area contributed by atoms with Gasteiger partial charge in [-0.05, 0) is 17.4 Å². The summed E-state index contributed by atoms with van der Waals surface area (Å²) in [5.74, 6) is 0. The van der Waals surface area contributed by atoms with Gasteiger partial charge in [0, 0.05) is 10.2 Å². The van der Waals surface area contributed by atoms with Gasteiger partial charge in [0.25, 0.3) is 0 Å². The van der Waals surface area contributed by atoms with Crippen LogP contribution in [0.3, 0.4) is 0 Å². The quantitative estimate of drug-likeness (QED) is 0.640. The van der Waals surface area contributed by atoms with Gasteiger partial charge in [-0.2, -0.15) is 0 Å². The first-order valence-corrected chi connectivity index (χ1v) is 6.13. The standard InChI is InChI=1S/C12H20Si/c1-4-9-12(2,3)10-5-7-11(13)8-6-10/h5-8H,4,9H2,1-3,13H3. The van der Waals surface area contributed by atoms with Gasteiger partial charge in [0.1, 0.15) is 0 Å². The lowest BCUT2D eigenvalue weighted by Crippen LogP contribution is -2.17.